The first-order chi connectivity index (χ1) is 9.63. The third-order valence-electron chi connectivity index (χ3n) is 3.11. The molecule has 0 amide bonds. The summed E-state index contributed by atoms with van der Waals surface area (Å²) < 4.78 is 0.950. The molecule has 0 saturated carbocycles. The van der Waals surface area contributed by atoms with E-state index in [0.717, 1.165) is 40.3 Å². The SMILES string of the molecule is CCN(Cc1cccc(C)n1)c1ncc(Br)cc1CN. The van der Waals surface area contributed by atoms with Crippen LogP contribution in [-0.2, 0) is 13.1 Å². The summed E-state index contributed by atoms with van der Waals surface area (Å²) in [5.41, 5.74) is 8.93. The van der Waals surface area contributed by atoms with Crippen LogP contribution in [0.3, 0.4) is 0 Å². The summed E-state index contributed by atoms with van der Waals surface area (Å²) in [6.45, 7) is 6.18. The van der Waals surface area contributed by atoms with Crippen LogP contribution in [0.4, 0.5) is 5.82 Å². The fraction of sp³-hybridized carbons (Fsp3) is 0.333. The average Bonchev–Trinajstić information content (AvgIpc) is 2.45. The maximum Gasteiger partial charge on any atom is 0.133 e. The topological polar surface area (TPSA) is 55.0 Å². The second-order valence-electron chi connectivity index (χ2n) is 4.62. The van der Waals surface area contributed by atoms with Gasteiger partial charge >= 0.3 is 0 Å². The van der Waals surface area contributed by atoms with Gasteiger partial charge in [0.05, 0.1) is 12.2 Å². The number of nitrogens with zero attached hydrogens (tertiary/aromatic N) is 3. The molecule has 5 heteroatoms. The van der Waals surface area contributed by atoms with Gasteiger partial charge in [0.2, 0.25) is 0 Å². The quantitative estimate of drug-likeness (QED) is 0.913. The van der Waals surface area contributed by atoms with Crippen molar-refractivity contribution in [3.63, 3.8) is 0 Å². The lowest BCUT2D eigenvalue weighted by Gasteiger charge is -2.24. The Morgan fingerprint density at radius 1 is 1.35 bits per heavy atom. The molecule has 0 aliphatic carbocycles. The van der Waals surface area contributed by atoms with Gasteiger partial charge in [0, 0.05) is 35.0 Å². The molecule has 106 valence electrons. The van der Waals surface area contributed by atoms with Gasteiger partial charge in [-0.15, -0.1) is 0 Å². The Balaban J connectivity index is 2.28. The number of aromatic nitrogens is 2. The smallest absolute Gasteiger partial charge is 0.133 e. The summed E-state index contributed by atoms with van der Waals surface area (Å²) in [5.74, 6) is 0.932. The van der Waals surface area contributed by atoms with Gasteiger partial charge in [-0.05, 0) is 48.0 Å². The van der Waals surface area contributed by atoms with E-state index >= 15 is 0 Å². The van der Waals surface area contributed by atoms with E-state index in [-0.39, 0.29) is 0 Å². The number of nitrogens with two attached hydrogens (primary N) is 1. The van der Waals surface area contributed by atoms with E-state index in [4.69, 9.17) is 5.73 Å². The standard InChI is InChI=1S/C15H19BrN4/c1-3-20(10-14-6-4-5-11(2)19-14)15-12(8-17)7-13(16)9-18-15/h4-7,9H,3,8,10,17H2,1-2H3. The molecule has 2 aromatic heterocycles. The summed E-state index contributed by atoms with van der Waals surface area (Å²) in [4.78, 5) is 11.3. The Labute approximate surface area is 128 Å². The number of halogens is 1. The normalized spacial score (nSPS) is 10.6. The van der Waals surface area contributed by atoms with Crippen LogP contribution < -0.4 is 10.6 Å². The summed E-state index contributed by atoms with van der Waals surface area (Å²) in [5, 5.41) is 0. The van der Waals surface area contributed by atoms with Gasteiger partial charge in [-0.1, -0.05) is 6.07 Å². The van der Waals surface area contributed by atoms with Crippen molar-refractivity contribution in [2.45, 2.75) is 26.9 Å². The minimum Gasteiger partial charge on any atom is -0.351 e. The largest absolute Gasteiger partial charge is 0.351 e. The third-order valence-corrected chi connectivity index (χ3v) is 3.54. The highest BCUT2D eigenvalue weighted by Gasteiger charge is 2.12. The predicted molar refractivity (Wildman–Crippen MR) is 85.5 cm³/mol. The molecule has 2 heterocycles. The highest BCUT2D eigenvalue weighted by Crippen LogP contribution is 2.22. The highest BCUT2D eigenvalue weighted by atomic mass is 79.9. The second kappa shape index (κ2) is 6.81. The molecule has 0 spiro atoms. The Hall–Kier alpha value is -1.46. The summed E-state index contributed by atoms with van der Waals surface area (Å²) in [6.07, 6.45) is 1.81. The molecule has 0 atom stereocenters. The highest BCUT2D eigenvalue weighted by molar-refractivity contribution is 9.10. The van der Waals surface area contributed by atoms with E-state index in [2.05, 4.69) is 37.7 Å². The average molecular weight is 335 g/mol. The van der Waals surface area contributed by atoms with Gasteiger partial charge in [0.25, 0.3) is 0 Å². The van der Waals surface area contributed by atoms with Crippen LogP contribution in [0.5, 0.6) is 0 Å². The zero-order valence-corrected chi connectivity index (χ0v) is 13.4. The van der Waals surface area contributed by atoms with E-state index < -0.39 is 0 Å². The molecule has 2 N–H and O–H groups in total. The van der Waals surface area contributed by atoms with Crippen LogP contribution in [-0.4, -0.2) is 16.5 Å². The van der Waals surface area contributed by atoms with E-state index in [1.807, 2.05) is 31.2 Å². The van der Waals surface area contributed by atoms with Crippen molar-refractivity contribution in [2.75, 3.05) is 11.4 Å². The van der Waals surface area contributed by atoms with E-state index in [1.165, 1.54) is 0 Å². The molecule has 2 rings (SSSR count). The van der Waals surface area contributed by atoms with Crippen molar-refractivity contribution in [2.24, 2.45) is 5.73 Å². The van der Waals surface area contributed by atoms with Gasteiger partial charge in [-0.25, -0.2) is 4.98 Å². The summed E-state index contributed by atoms with van der Waals surface area (Å²) >= 11 is 3.44. The van der Waals surface area contributed by atoms with Gasteiger partial charge in [-0.2, -0.15) is 0 Å². The zero-order valence-electron chi connectivity index (χ0n) is 11.8. The fourth-order valence-corrected chi connectivity index (χ4v) is 2.51. The Morgan fingerprint density at radius 2 is 2.15 bits per heavy atom. The molecule has 4 nitrogen and oxygen atoms in total. The molecule has 0 bridgehead atoms. The zero-order chi connectivity index (χ0) is 14.5. The van der Waals surface area contributed by atoms with Crippen molar-refractivity contribution in [1.82, 2.24) is 9.97 Å². The van der Waals surface area contributed by atoms with Gasteiger partial charge in [0.1, 0.15) is 5.82 Å². The molecule has 0 aliphatic rings. The lowest BCUT2D eigenvalue weighted by atomic mass is 10.2. The van der Waals surface area contributed by atoms with Crippen molar-refractivity contribution >= 4 is 21.7 Å². The minimum absolute atomic E-state index is 0.472. The Morgan fingerprint density at radius 3 is 2.80 bits per heavy atom. The summed E-state index contributed by atoms with van der Waals surface area (Å²) in [7, 11) is 0. The first kappa shape index (κ1) is 14.9. The van der Waals surface area contributed by atoms with Crippen LogP contribution >= 0.6 is 15.9 Å². The summed E-state index contributed by atoms with van der Waals surface area (Å²) in [6, 6.07) is 8.10. The first-order valence-corrected chi connectivity index (χ1v) is 7.45. The first-order valence-electron chi connectivity index (χ1n) is 6.66. The molecule has 2 aromatic rings. The second-order valence-corrected chi connectivity index (χ2v) is 5.54. The molecule has 20 heavy (non-hydrogen) atoms. The fourth-order valence-electron chi connectivity index (χ4n) is 2.13. The molecular formula is C15H19BrN4. The van der Waals surface area contributed by atoms with Crippen LogP contribution in [0.2, 0.25) is 0 Å². The van der Waals surface area contributed by atoms with Gasteiger partial charge < -0.3 is 10.6 Å². The van der Waals surface area contributed by atoms with Crippen LogP contribution in [0, 0.1) is 6.92 Å². The predicted octanol–water partition coefficient (Wildman–Crippen LogP) is 3.03. The maximum absolute atomic E-state index is 5.83. The molecule has 0 aliphatic heterocycles. The van der Waals surface area contributed by atoms with E-state index in [1.54, 1.807) is 6.20 Å². The van der Waals surface area contributed by atoms with Crippen molar-refractivity contribution in [3.8, 4) is 0 Å². The van der Waals surface area contributed by atoms with Crippen molar-refractivity contribution in [1.29, 1.82) is 0 Å². The Bertz CT molecular complexity index is 586. The number of pyridine rings is 2. The lowest BCUT2D eigenvalue weighted by molar-refractivity contribution is 0.780. The number of aryl methyl sites for hydroxylation is 1. The van der Waals surface area contributed by atoms with Gasteiger partial charge in [0.15, 0.2) is 0 Å². The van der Waals surface area contributed by atoms with Crippen LogP contribution in [0.15, 0.2) is 34.9 Å². The monoisotopic (exact) mass is 334 g/mol. The molecule has 0 fully saturated rings. The van der Waals surface area contributed by atoms with Crippen molar-refractivity contribution in [3.05, 3.63) is 51.9 Å². The van der Waals surface area contributed by atoms with Crippen LogP contribution in [0.25, 0.3) is 0 Å². The molecular weight excluding hydrogens is 316 g/mol. The molecule has 0 aromatic carbocycles. The number of anilines is 1. The van der Waals surface area contributed by atoms with Crippen LogP contribution in [0.1, 0.15) is 23.9 Å². The number of hydrogen-bond donors (Lipinski definition) is 1. The maximum atomic E-state index is 5.83. The molecule has 0 unspecified atom stereocenters. The molecule has 0 radical (unpaired) electrons. The lowest BCUT2D eigenvalue weighted by Crippen LogP contribution is -2.25. The Kier molecular flexibility index (Phi) is 5.09. The van der Waals surface area contributed by atoms with E-state index in [9.17, 15) is 0 Å². The minimum atomic E-state index is 0.472. The number of rotatable bonds is 5. The van der Waals surface area contributed by atoms with Crippen molar-refractivity contribution < 1.29 is 0 Å². The number of hydrogen-bond acceptors (Lipinski definition) is 4. The third kappa shape index (κ3) is 3.55. The molecule has 0 saturated heterocycles. The van der Waals surface area contributed by atoms with E-state index in [0.29, 0.717) is 6.54 Å². The van der Waals surface area contributed by atoms with Gasteiger partial charge in [-0.3, -0.25) is 4.98 Å².